The Hall–Kier alpha value is -3.36. The van der Waals surface area contributed by atoms with Crippen molar-refractivity contribution in [3.63, 3.8) is 0 Å². The normalized spacial score (nSPS) is 20.7. The Balaban J connectivity index is 2.33. The molecule has 202 valence electrons. The standard InChI is InChI=1S/C26H33F3N4O4/c1-15(2)20(22(34)26(27,28)29)32-24(36)21(25(3)11-9-18(37-4)10-12-25)33-23(35)19(31)13-16-7-5-6-8-17(16)14-30/h5-11,15,19-22,34H,12-13,31H2,1-4H3,(H,32,36)(H,33,35)/t19-,20-,21+,22-,25?/m0/s1. The highest BCUT2D eigenvalue weighted by Crippen LogP contribution is 2.34. The Bertz CT molecular complexity index is 1080. The monoisotopic (exact) mass is 522 g/mol. The summed E-state index contributed by atoms with van der Waals surface area (Å²) < 4.78 is 45.0. The Labute approximate surface area is 214 Å². The van der Waals surface area contributed by atoms with Crippen LogP contribution in [0.2, 0.25) is 0 Å². The Morgan fingerprint density at radius 1 is 1.24 bits per heavy atom. The summed E-state index contributed by atoms with van der Waals surface area (Å²) in [5.74, 6) is -1.86. The quantitative estimate of drug-likeness (QED) is 0.373. The first-order valence-corrected chi connectivity index (χ1v) is 11.8. The molecule has 8 nitrogen and oxygen atoms in total. The van der Waals surface area contributed by atoms with Crippen LogP contribution in [-0.4, -0.2) is 54.4 Å². The number of aliphatic hydroxyl groups excluding tert-OH is 1. The second kappa shape index (κ2) is 12.3. The number of aliphatic hydroxyl groups is 1. The second-order valence-corrected chi connectivity index (χ2v) is 9.64. The van der Waals surface area contributed by atoms with E-state index in [1.54, 1.807) is 49.4 Å². The number of methoxy groups -OCH3 is 1. The minimum absolute atomic E-state index is 0.00555. The first-order chi connectivity index (χ1) is 17.2. The number of carbonyl (C=O) groups excluding carboxylic acids is 2. The molecule has 0 spiro atoms. The largest absolute Gasteiger partial charge is 0.497 e. The number of nitrogens with one attached hydrogen (secondary N) is 2. The number of nitrogens with zero attached hydrogens (tertiary/aromatic N) is 1. The third-order valence-corrected chi connectivity index (χ3v) is 6.43. The van der Waals surface area contributed by atoms with E-state index in [4.69, 9.17) is 10.5 Å². The van der Waals surface area contributed by atoms with Gasteiger partial charge in [0.1, 0.15) is 11.8 Å². The average Bonchev–Trinajstić information content (AvgIpc) is 2.85. The summed E-state index contributed by atoms with van der Waals surface area (Å²) >= 11 is 0. The number of benzene rings is 1. The SMILES string of the molecule is COC1=CCC(C)([C@H](NC(=O)[C@@H](N)Cc2ccccc2C#N)C(=O)N[C@@H](C(C)C)[C@H](O)C(F)(F)F)C=C1. The van der Waals surface area contributed by atoms with Crippen molar-refractivity contribution < 1.29 is 32.6 Å². The zero-order valence-electron chi connectivity index (χ0n) is 21.2. The molecular formula is C26H33F3N4O4. The van der Waals surface area contributed by atoms with Crippen LogP contribution in [0.25, 0.3) is 0 Å². The van der Waals surface area contributed by atoms with E-state index in [-0.39, 0.29) is 12.8 Å². The van der Waals surface area contributed by atoms with Gasteiger partial charge in [-0.15, -0.1) is 0 Å². The number of carbonyl (C=O) groups is 2. The highest BCUT2D eigenvalue weighted by atomic mass is 19.4. The summed E-state index contributed by atoms with van der Waals surface area (Å²) in [5.41, 5.74) is 5.94. The van der Waals surface area contributed by atoms with E-state index in [9.17, 15) is 33.1 Å². The number of alkyl halides is 3. The van der Waals surface area contributed by atoms with Crippen molar-refractivity contribution in [1.29, 1.82) is 5.26 Å². The van der Waals surface area contributed by atoms with Crippen LogP contribution in [0.4, 0.5) is 13.2 Å². The van der Waals surface area contributed by atoms with Gasteiger partial charge in [-0.2, -0.15) is 18.4 Å². The molecule has 37 heavy (non-hydrogen) atoms. The Morgan fingerprint density at radius 2 is 1.89 bits per heavy atom. The fraction of sp³-hybridized carbons (Fsp3) is 0.500. The molecule has 5 N–H and O–H groups in total. The number of ether oxygens (including phenoxy) is 1. The maximum absolute atomic E-state index is 13.4. The lowest BCUT2D eigenvalue weighted by atomic mass is 9.75. The van der Waals surface area contributed by atoms with Gasteiger partial charge in [0.05, 0.1) is 30.8 Å². The maximum Gasteiger partial charge on any atom is 0.416 e. The number of amides is 2. The molecule has 1 aliphatic rings. The molecule has 11 heteroatoms. The van der Waals surface area contributed by atoms with Gasteiger partial charge < -0.3 is 26.2 Å². The summed E-state index contributed by atoms with van der Waals surface area (Å²) in [7, 11) is 1.47. The number of hydrogen-bond donors (Lipinski definition) is 4. The van der Waals surface area contributed by atoms with E-state index >= 15 is 0 Å². The van der Waals surface area contributed by atoms with Crippen LogP contribution >= 0.6 is 0 Å². The van der Waals surface area contributed by atoms with Crippen LogP contribution in [0, 0.1) is 22.7 Å². The third-order valence-electron chi connectivity index (χ3n) is 6.43. The van der Waals surface area contributed by atoms with E-state index in [2.05, 4.69) is 10.6 Å². The smallest absolute Gasteiger partial charge is 0.416 e. The van der Waals surface area contributed by atoms with Gasteiger partial charge in [0.25, 0.3) is 0 Å². The summed E-state index contributed by atoms with van der Waals surface area (Å²) in [5, 5.41) is 24.0. The highest BCUT2D eigenvalue weighted by Gasteiger charge is 2.47. The van der Waals surface area contributed by atoms with Crippen LogP contribution in [0.1, 0.15) is 38.3 Å². The van der Waals surface area contributed by atoms with Gasteiger partial charge in [0.15, 0.2) is 6.10 Å². The fourth-order valence-electron chi connectivity index (χ4n) is 4.07. The summed E-state index contributed by atoms with van der Waals surface area (Å²) in [4.78, 5) is 26.5. The number of allylic oxidation sites excluding steroid dienone is 2. The van der Waals surface area contributed by atoms with Crippen molar-refractivity contribution >= 4 is 11.8 Å². The van der Waals surface area contributed by atoms with Crippen molar-refractivity contribution in [1.82, 2.24) is 10.6 Å². The van der Waals surface area contributed by atoms with E-state index in [1.807, 2.05) is 6.07 Å². The van der Waals surface area contributed by atoms with Gasteiger partial charge in [-0.3, -0.25) is 9.59 Å². The average molecular weight is 523 g/mol. The van der Waals surface area contributed by atoms with Crippen molar-refractivity contribution in [2.24, 2.45) is 17.1 Å². The van der Waals surface area contributed by atoms with Crippen molar-refractivity contribution in [3.8, 4) is 6.07 Å². The number of halogens is 3. The lowest BCUT2D eigenvalue weighted by molar-refractivity contribution is -0.215. The second-order valence-electron chi connectivity index (χ2n) is 9.64. The van der Waals surface area contributed by atoms with Gasteiger partial charge in [-0.1, -0.05) is 45.0 Å². The summed E-state index contributed by atoms with van der Waals surface area (Å²) in [6, 6.07) is 4.52. The lowest BCUT2D eigenvalue weighted by Crippen LogP contribution is -2.62. The molecular weight excluding hydrogens is 489 g/mol. The fourth-order valence-corrected chi connectivity index (χ4v) is 4.07. The Morgan fingerprint density at radius 3 is 2.41 bits per heavy atom. The van der Waals surface area contributed by atoms with E-state index in [1.165, 1.54) is 21.0 Å². The van der Waals surface area contributed by atoms with Gasteiger partial charge in [-0.25, -0.2) is 0 Å². The maximum atomic E-state index is 13.4. The summed E-state index contributed by atoms with van der Waals surface area (Å²) in [6.07, 6.45) is -2.59. The molecule has 5 atom stereocenters. The molecule has 0 saturated heterocycles. The van der Waals surface area contributed by atoms with Gasteiger partial charge in [0, 0.05) is 5.41 Å². The zero-order chi connectivity index (χ0) is 28.0. The molecule has 0 aliphatic heterocycles. The molecule has 2 rings (SSSR count). The molecule has 1 unspecified atom stereocenters. The number of nitrogens with two attached hydrogens (primary N) is 1. The molecule has 0 bridgehead atoms. The molecule has 0 aromatic heterocycles. The van der Waals surface area contributed by atoms with Crippen molar-refractivity contribution in [2.45, 2.75) is 64.0 Å². The summed E-state index contributed by atoms with van der Waals surface area (Å²) in [6.45, 7) is 4.54. The number of hydrogen-bond acceptors (Lipinski definition) is 6. The number of rotatable bonds is 10. The zero-order valence-corrected chi connectivity index (χ0v) is 21.2. The van der Waals surface area contributed by atoms with Crippen LogP contribution in [-0.2, 0) is 20.7 Å². The molecule has 1 aromatic carbocycles. The van der Waals surface area contributed by atoms with Crippen LogP contribution < -0.4 is 16.4 Å². The van der Waals surface area contributed by atoms with Crippen LogP contribution in [0.15, 0.2) is 48.3 Å². The Kier molecular flexibility index (Phi) is 9.89. The molecule has 0 heterocycles. The van der Waals surface area contributed by atoms with Crippen molar-refractivity contribution in [3.05, 3.63) is 59.4 Å². The minimum atomic E-state index is -4.96. The third kappa shape index (κ3) is 7.57. The minimum Gasteiger partial charge on any atom is -0.497 e. The van der Waals surface area contributed by atoms with E-state index in [0.717, 1.165) is 0 Å². The van der Waals surface area contributed by atoms with Gasteiger partial charge >= 0.3 is 6.18 Å². The molecule has 1 aliphatic carbocycles. The lowest BCUT2D eigenvalue weighted by Gasteiger charge is -2.38. The molecule has 0 radical (unpaired) electrons. The molecule has 2 amide bonds. The van der Waals surface area contributed by atoms with Crippen LogP contribution in [0.3, 0.4) is 0 Å². The van der Waals surface area contributed by atoms with Crippen LogP contribution in [0.5, 0.6) is 0 Å². The van der Waals surface area contributed by atoms with E-state index < -0.39 is 53.6 Å². The van der Waals surface area contributed by atoms with E-state index in [0.29, 0.717) is 16.9 Å². The molecule has 0 saturated carbocycles. The number of nitriles is 1. The highest BCUT2D eigenvalue weighted by molar-refractivity contribution is 5.91. The molecule has 1 aromatic rings. The van der Waals surface area contributed by atoms with Gasteiger partial charge in [-0.05, 0) is 42.5 Å². The van der Waals surface area contributed by atoms with Gasteiger partial charge in [0.2, 0.25) is 11.8 Å². The predicted octanol–water partition coefficient (Wildman–Crippen LogP) is 2.47. The predicted molar refractivity (Wildman–Crippen MR) is 131 cm³/mol. The first-order valence-electron chi connectivity index (χ1n) is 11.8. The first kappa shape index (κ1) is 29.9. The van der Waals surface area contributed by atoms with Crippen molar-refractivity contribution in [2.75, 3.05) is 7.11 Å². The topological polar surface area (TPSA) is 137 Å². The molecule has 0 fully saturated rings.